The van der Waals surface area contributed by atoms with E-state index in [9.17, 15) is 18.4 Å². The Morgan fingerprint density at radius 1 is 1.10 bits per heavy atom. The van der Waals surface area contributed by atoms with Crippen molar-refractivity contribution in [2.45, 2.75) is 26.3 Å². The van der Waals surface area contributed by atoms with Crippen LogP contribution in [0.25, 0.3) is 10.9 Å². The maximum Gasteiger partial charge on any atom is 0.327 e. The van der Waals surface area contributed by atoms with Crippen molar-refractivity contribution in [2.24, 2.45) is 5.92 Å². The van der Waals surface area contributed by atoms with Crippen LogP contribution in [0.3, 0.4) is 0 Å². The molecular weight excluding hydrogens is 527 g/mol. The number of nitrogens with one attached hydrogen (secondary N) is 2. The maximum atomic E-state index is 15.6. The summed E-state index contributed by atoms with van der Waals surface area (Å²) in [6.45, 7) is 4.41. The molecule has 3 aromatic rings. The third kappa shape index (κ3) is 4.79. The molecule has 6 rings (SSSR count). The van der Waals surface area contributed by atoms with Gasteiger partial charge in [0.05, 0.1) is 34.4 Å². The van der Waals surface area contributed by atoms with Crippen molar-refractivity contribution in [3.8, 4) is 0 Å². The molecule has 13 heteroatoms. The predicted molar refractivity (Wildman–Crippen MR) is 142 cm³/mol. The molecular formula is C27H28F3N7O3. The van der Waals surface area contributed by atoms with Crippen LogP contribution in [0, 0.1) is 23.4 Å². The number of piperazine rings is 1. The average Bonchev–Trinajstić information content (AvgIpc) is 3.78. The highest BCUT2D eigenvalue weighted by Gasteiger charge is 2.31. The van der Waals surface area contributed by atoms with Gasteiger partial charge < -0.3 is 10.2 Å². The lowest BCUT2D eigenvalue weighted by Crippen LogP contribution is -2.46. The Morgan fingerprint density at radius 3 is 2.60 bits per heavy atom. The van der Waals surface area contributed by atoms with Crippen LogP contribution < -0.4 is 20.6 Å². The summed E-state index contributed by atoms with van der Waals surface area (Å²) in [6, 6.07) is 3.83. The number of carbonyl (C=O) groups excluding carboxylic acids is 2. The summed E-state index contributed by atoms with van der Waals surface area (Å²) in [4.78, 5) is 43.4. The molecule has 0 spiro atoms. The number of amides is 3. The van der Waals surface area contributed by atoms with Crippen LogP contribution in [0.1, 0.15) is 35.7 Å². The summed E-state index contributed by atoms with van der Waals surface area (Å²) in [5.41, 5.74) is 2.76. The van der Waals surface area contributed by atoms with Gasteiger partial charge in [-0.1, -0.05) is 0 Å². The molecule has 2 aromatic carbocycles. The molecule has 10 nitrogen and oxygen atoms in total. The first kappa shape index (κ1) is 26.3. The Hall–Kier alpha value is -3.97. The van der Waals surface area contributed by atoms with Gasteiger partial charge in [-0.15, -0.1) is 0 Å². The Balaban J connectivity index is 1.13. The van der Waals surface area contributed by atoms with Crippen LogP contribution in [-0.4, -0.2) is 66.1 Å². The van der Waals surface area contributed by atoms with Gasteiger partial charge in [-0.05, 0) is 43.9 Å². The van der Waals surface area contributed by atoms with Gasteiger partial charge in [0.2, 0.25) is 0 Å². The molecule has 1 saturated carbocycles. The fraction of sp³-hybridized carbons (Fsp3) is 0.407. The van der Waals surface area contributed by atoms with Crippen LogP contribution in [0.2, 0.25) is 0 Å². The van der Waals surface area contributed by atoms with Gasteiger partial charge in [0.25, 0.3) is 5.91 Å². The van der Waals surface area contributed by atoms with Gasteiger partial charge in [-0.3, -0.25) is 19.4 Å². The average molecular weight is 556 g/mol. The van der Waals surface area contributed by atoms with Gasteiger partial charge in [0.1, 0.15) is 12.1 Å². The highest BCUT2D eigenvalue weighted by molar-refractivity contribution is 6.17. The highest BCUT2D eigenvalue weighted by Crippen LogP contribution is 2.38. The van der Waals surface area contributed by atoms with Crippen molar-refractivity contribution < 1.29 is 27.6 Å². The van der Waals surface area contributed by atoms with Crippen LogP contribution in [0.5, 0.6) is 0 Å². The van der Waals surface area contributed by atoms with E-state index >= 15 is 4.39 Å². The minimum Gasteiger partial charge on any atom is -0.367 e. The fourth-order valence-corrected chi connectivity index (χ4v) is 5.15. The zero-order valence-corrected chi connectivity index (χ0v) is 21.8. The molecule has 3 heterocycles. The number of halogens is 3. The molecule has 1 saturated heterocycles. The topological polar surface area (TPSA) is 103 Å². The molecule has 1 aromatic heterocycles. The van der Waals surface area contributed by atoms with E-state index in [0.717, 1.165) is 12.8 Å². The number of aromatic nitrogens is 2. The number of anilines is 3. The second kappa shape index (κ2) is 10.5. The molecule has 210 valence electrons. The van der Waals surface area contributed by atoms with E-state index < -0.39 is 35.0 Å². The molecule has 1 aliphatic carbocycles. The van der Waals surface area contributed by atoms with Gasteiger partial charge in [-0.25, -0.2) is 33.4 Å². The number of nitrogens with zero attached hydrogens (tertiary/aromatic N) is 5. The van der Waals surface area contributed by atoms with Crippen LogP contribution in [0.15, 0.2) is 24.5 Å². The molecule has 3 aliphatic rings. The summed E-state index contributed by atoms with van der Waals surface area (Å²) in [5.74, 6) is -2.93. The third-order valence-electron chi connectivity index (χ3n) is 7.56. The smallest absolute Gasteiger partial charge is 0.327 e. The largest absolute Gasteiger partial charge is 0.367 e. The van der Waals surface area contributed by atoms with E-state index in [2.05, 4.69) is 20.8 Å². The van der Waals surface area contributed by atoms with Crippen LogP contribution in [-0.2, 0) is 11.4 Å². The molecule has 2 aliphatic heterocycles. The van der Waals surface area contributed by atoms with E-state index in [4.69, 9.17) is 4.84 Å². The van der Waals surface area contributed by atoms with Gasteiger partial charge >= 0.3 is 6.03 Å². The highest BCUT2D eigenvalue weighted by atomic mass is 19.2. The monoisotopic (exact) mass is 555 g/mol. The van der Waals surface area contributed by atoms with Gasteiger partial charge in [-0.2, -0.15) is 0 Å². The van der Waals surface area contributed by atoms with E-state index in [0.29, 0.717) is 67.5 Å². The minimum atomic E-state index is -1.23. The second-order valence-corrected chi connectivity index (χ2v) is 10.2. The summed E-state index contributed by atoms with van der Waals surface area (Å²) in [5, 5.41) is 3.09. The Morgan fingerprint density at radius 2 is 1.88 bits per heavy atom. The Labute approximate surface area is 228 Å². The first-order valence-electron chi connectivity index (χ1n) is 13.3. The number of hydrogen-bond donors (Lipinski definition) is 2. The zero-order valence-electron chi connectivity index (χ0n) is 21.8. The fourth-order valence-electron chi connectivity index (χ4n) is 5.15. The number of rotatable bonds is 8. The molecule has 3 amide bonds. The molecule has 0 radical (unpaired) electrons. The van der Waals surface area contributed by atoms with Crippen molar-refractivity contribution >= 4 is 40.0 Å². The van der Waals surface area contributed by atoms with Crippen LogP contribution >= 0.6 is 0 Å². The SMILES string of the molecule is CCN1C(=O)Nc2c(F)c(CN3CCN(c4ccc(C(=O)NOCC5CC5)c(F)c4F)CC3)cc3ncnc1c23. The van der Waals surface area contributed by atoms with Gasteiger partial charge in [0, 0.05) is 44.8 Å². The normalized spacial score (nSPS) is 17.4. The standard InChI is InChI=1S/C27H28F3N7O3/c1-2-37-25-20-18(31-14-32-25)11-16(21(28)24(20)33-27(37)39)12-35-7-9-36(10-8-35)19-6-5-17(22(29)23(19)30)26(38)34-40-13-15-3-4-15/h5-6,11,14-15H,2-4,7-10,12-13H2,1H3,(H,33,39)(H,34,38). The molecule has 0 bridgehead atoms. The molecule has 0 unspecified atom stereocenters. The lowest BCUT2D eigenvalue weighted by Gasteiger charge is -2.36. The first-order valence-corrected chi connectivity index (χ1v) is 13.3. The van der Waals surface area contributed by atoms with Crippen molar-refractivity contribution in [2.75, 3.05) is 54.4 Å². The lowest BCUT2D eigenvalue weighted by molar-refractivity contribution is 0.0266. The van der Waals surface area contributed by atoms with E-state index in [1.165, 1.54) is 23.4 Å². The Bertz CT molecular complexity index is 1490. The number of urea groups is 1. The predicted octanol–water partition coefficient (Wildman–Crippen LogP) is 3.81. The van der Waals surface area contributed by atoms with Crippen molar-refractivity contribution in [3.63, 3.8) is 0 Å². The summed E-state index contributed by atoms with van der Waals surface area (Å²) < 4.78 is 45.3. The van der Waals surface area contributed by atoms with E-state index in [1.807, 2.05) is 4.90 Å². The Kier molecular flexibility index (Phi) is 6.92. The minimum absolute atomic E-state index is 0.0568. The van der Waals surface area contributed by atoms with Crippen molar-refractivity contribution in [1.82, 2.24) is 20.3 Å². The summed E-state index contributed by atoms with van der Waals surface area (Å²) in [7, 11) is 0. The summed E-state index contributed by atoms with van der Waals surface area (Å²) >= 11 is 0. The maximum absolute atomic E-state index is 15.6. The van der Waals surface area contributed by atoms with Gasteiger partial charge in [0.15, 0.2) is 17.5 Å². The van der Waals surface area contributed by atoms with Crippen LogP contribution in [0.4, 0.5) is 35.2 Å². The molecule has 2 N–H and O–H groups in total. The first-order chi connectivity index (χ1) is 19.4. The van der Waals surface area contributed by atoms with E-state index in [1.54, 1.807) is 17.9 Å². The molecule has 40 heavy (non-hydrogen) atoms. The third-order valence-corrected chi connectivity index (χ3v) is 7.56. The number of hydrogen-bond acceptors (Lipinski definition) is 7. The number of hydroxylamine groups is 1. The lowest BCUT2D eigenvalue weighted by atomic mass is 10.1. The second-order valence-electron chi connectivity index (χ2n) is 10.2. The molecule has 2 fully saturated rings. The number of benzene rings is 2. The molecule has 0 atom stereocenters. The van der Waals surface area contributed by atoms with Crippen molar-refractivity contribution in [3.05, 3.63) is 53.1 Å². The zero-order chi connectivity index (χ0) is 28.0. The quantitative estimate of drug-likeness (QED) is 0.408. The van der Waals surface area contributed by atoms with E-state index in [-0.39, 0.29) is 17.9 Å². The number of carbonyl (C=O) groups is 2. The van der Waals surface area contributed by atoms with Crippen molar-refractivity contribution in [1.29, 1.82) is 0 Å². The summed E-state index contributed by atoms with van der Waals surface area (Å²) in [6.07, 6.45) is 3.42.